The van der Waals surface area contributed by atoms with Crippen molar-refractivity contribution >= 4 is 12.7 Å². The van der Waals surface area contributed by atoms with Gasteiger partial charge in [-0.05, 0) is 25.1 Å². The highest BCUT2D eigenvalue weighted by Crippen LogP contribution is 2.09. The quantitative estimate of drug-likeness (QED) is 0.731. The van der Waals surface area contributed by atoms with E-state index in [1.807, 2.05) is 6.92 Å². The van der Waals surface area contributed by atoms with Crippen LogP contribution in [0.5, 0.6) is 0 Å². The van der Waals surface area contributed by atoms with Crippen LogP contribution in [0.4, 0.5) is 13.2 Å². The first-order valence-corrected chi connectivity index (χ1v) is 5.59. The second-order valence-corrected chi connectivity index (χ2v) is 4.16. The Hall–Kier alpha value is -1.71. The Morgan fingerprint density at radius 2 is 1.72 bits per heavy atom. The zero-order chi connectivity index (χ0) is 13.1. The molecule has 0 N–H and O–H groups in total. The molecule has 0 saturated heterocycles. The third kappa shape index (κ3) is 2.94. The molecule has 0 fully saturated rings. The molecule has 0 heterocycles. The van der Waals surface area contributed by atoms with E-state index in [4.69, 9.17) is 0 Å². The molecule has 0 nitrogen and oxygen atoms in total. The van der Waals surface area contributed by atoms with Crippen molar-refractivity contribution < 1.29 is 13.2 Å². The van der Waals surface area contributed by atoms with E-state index in [0.29, 0.717) is 11.9 Å². The molecule has 0 unspecified atom stereocenters. The molecule has 92 valence electrons. The lowest BCUT2D eigenvalue weighted by atomic mass is 9.64. The first kappa shape index (κ1) is 12.7. The summed E-state index contributed by atoms with van der Waals surface area (Å²) in [5, 5.41) is 0. The molecule has 0 aliphatic heterocycles. The molecule has 2 aromatic carbocycles. The van der Waals surface area contributed by atoms with Gasteiger partial charge < -0.3 is 0 Å². The first-order chi connectivity index (χ1) is 8.56. The van der Waals surface area contributed by atoms with Crippen LogP contribution in [0, 0.1) is 24.4 Å². The average Bonchev–Trinajstić information content (AvgIpc) is 2.34. The second kappa shape index (κ2) is 5.30. The maximum absolute atomic E-state index is 13.1. The predicted octanol–water partition coefficient (Wildman–Crippen LogP) is 2.94. The van der Waals surface area contributed by atoms with Crippen LogP contribution < -0.4 is 5.46 Å². The van der Waals surface area contributed by atoms with Crippen LogP contribution in [0.2, 0.25) is 0 Å². The van der Waals surface area contributed by atoms with Crippen LogP contribution in [0.3, 0.4) is 0 Å². The molecule has 0 bridgehead atoms. The fourth-order valence-corrected chi connectivity index (χ4v) is 1.73. The number of hydrogen-bond acceptors (Lipinski definition) is 0. The third-order valence-corrected chi connectivity index (χ3v) is 2.78. The van der Waals surface area contributed by atoms with Gasteiger partial charge >= 0.3 is 0 Å². The molecule has 0 atom stereocenters. The zero-order valence-electron chi connectivity index (χ0n) is 9.88. The van der Waals surface area contributed by atoms with Crippen molar-refractivity contribution in [2.45, 2.75) is 13.2 Å². The van der Waals surface area contributed by atoms with Crippen molar-refractivity contribution in [2.24, 2.45) is 0 Å². The SMILES string of the molecule is Cc1ccc(F)cc1[B-]Cc1ccc(F)c(F)c1. The molecule has 0 amide bonds. The van der Waals surface area contributed by atoms with Gasteiger partial charge in [-0.25, -0.2) is 19.5 Å². The summed E-state index contributed by atoms with van der Waals surface area (Å²) in [6.07, 6.45) is 0.432. The highest BCUT2D eigenvalue weighted by atomic mass is 19.2. The smallest absolute Gasteiger partial charge is 0.158 e. The lowest BCUT2D eigenvalue weighted by Crippen LogP contribution is -2.20. The lowest BCUT2D eigenvalue weighted by Gasteiger charge is -2.19. The number of benzene rings is 2. The lowest BCUT2D eigenvalue weighted by molar-refractivity contribution is 0.507. The molecule has 0 aliphatic rings. The average molecular weight is 247 g/mol. The summed E-state index contributed by atoms with van der Waals surface area (Å²) in [4.78, 5) is 0. The minimum atomic E-state index is -0.864. The number of aryl methyl sites for hydroxylation is 1. The molecule has 2 aromatic rings. The van der Waals surface area contributed by atoms with E-state index < -0.39 is 11.6 Å². The topological polar surface area (TPSA) is 0 Å². The third-order valence-electron chi connectivity index (χ3n) is 2.78. The highest BCUT2D eigenvalue weighted by molar-refractivity contribution is 6.53. The van der Waals surface area contributed by atoms with E-state index in [0.717, 1.165) is 23.2 Å². The van der Waals surface area contributed by atoms with Crippen LogP contribution in [0.1, 0.15) is 11.1 Å². The van der Waals surface area contributed by atoms with Crippen LogP contribution in [-0.4, -0.2) is 7.28 Å². The van der Waals surface area contributed by atoms with E-state index in [-0.39, 0.29) is 5.82 Å². The summed E-state index contributed by atoms with van der Waals surface area (Å²) in [5.41, 5.74) is 2.36. The van der Waals surface area contributed by atoms with Crippen LogP contribution in [0.25, 0.3) is 0 Å². The molecule has 0 aliphatic carbocycles. The molecule has 0 spiro atoms. The monoisotopic (exact) mass is 247 g/mol. The van der Waals surface area contributed by atoms with Gasteiger partial charge in [0.2, 0.25) is 0 Å². The van der Waals surface area contributed by atoms with Gasteiger partial charge in [-0.1, -0.05) is 29.3 Å². The maximum Gasteiger partial charge on any atom is 0.158 e. The van der Waals surface area contributed by atoms with Gasteiger partial charge in [-0.2, -0.15) is 0 Å². The Morgan fingerprint density at radius 1 is 0.944 bits per heavy atom. The van der Waals surface area contributed by atoms with E-state index in [1.165, 1.54) is 18.2 Å². The number of halogens is 3. The molecule has 18 heavy (non-hydrogen) atoms. The van der Waals surface area contributed by atoms with Gasteiger partial charge in [0.15, 0.2) is 11.6 Å². The fraction of sp³-hybridized carbons (Fsp3) is 0.143. The Kier molecular flexibility index (Phi) is 3.75. The maximum atomic E-state index is 13.1. The minimum Gasteiger partial charge on any atom is -0.291 e. The van der Waals surface area contributed by atoms with E-state index in [9.17, 15) is 13.2 Å². The summed E-state index contributed by atoms with van der Waals surface area (Å²) < 4.78 is 38.8. The molecule has 2 radical (unpaired) electrons. The van der Waals surface area contributed by atoms with Crippen molar-refractivity contribution in [3.63, 3.8) is 0 Å². The standard InChI is InChI=1S/C14H11BF3/c1-9-2-4-11(16)7-12(9)15-8-10-3-5-13(17)14(18)6-10/h2-7H,8H2,1H3/q-1. The first-order valence-electron chi connectivity index (χ1n) is 5.59. The van der Waals surface area contributed by atoms with Gasteiger partial charge in [0.1, 0.15) is 5.82 Å². The molecular weight excluding hydrogens is 236 g/mol. The second-order valence-electron chi connectivity index (χ2n) is 4.16. The Morgan fingerprint density at radius 3 is 2.44 bits per heavy atom. The summed E-state index contributed by atoms with van der Waals surface area (Å²) >= 11 is 0. The zero-order valence-corrected chi connectivity index (χ0v) is 9.88. The number of hydrogen-bond donors (Lipinski definition) is 0. The Balaban J connectivity index is 2.11. The van der Waals surface area contributed by atoms with Crippen molar-refractivity contribution in [3.8, 4) is 0 Å². The Labute approximate surface area is 105 Å². The summed E-state index contributed by atoms with van der Waals surface area (Å²) in [5.74, 6) is -2.03. The highest BCUT2D eigenvalue weighted by Gasteiger charge is 1.99. The van der Waals surface area contributed by atoms with Crippen LogP contribution in [0.15, 0.2) is 36.4 Å². The van der Waals surface area contributed by atoms with Crippen molar-refractivity contribution in [2.75, 3.05) is 0 Å². The molecule has 0 saturated carbocycles. The minimum absolute atomic E-state index is 0.308. The number of rotatable bonds is 3. The molecule has 4 heteroatoms. The van der Waals surface area contributed by atoms with Crippen molar-refractivity contribution in [1.82, 2.24) is 0 Å². The van der Waals surface area contributed by atoms with Crippen molar-refractivity contribution in [3.05, 3.63) is 65.0 Å². The van der Waals surface area contributed by atoms with Crippen molar-refractivity contribution in [1.29, 1.82) is 0 Å². The van der Waals surface area contributed by atoms with Crippen LogP contribution >= 0.6 is 0 Å². The summed E-state index contributed by atoms with van der Waals surface area (Å²) in [6.45, 7) is 1.87. The largest absolute Gasteiger partial charge is 0.291 e. The summed E-state index contributed by atoms with van der Waals surface area (Å²) in [6, 6.07) is 8.27. The fourth-order valence-electron chi connectivity index (χ4n) is 1.73. The van der Waals surface area contributed by atoms with Gasteiger partial charge in [0, 0.05) is 0 Å². The van der Waals surface area contributed by atoms with E-state index in [1.54, 1.807) is 13.3 Å². The molecular formula is C14H11BF3-. The summed E-state index contributed by atoms with van der Waals surface area (Å²) in [7, 11) is 1.80. The van der Waals surface area contributed by atoms with Gasteiger partial charge in [0.25, 0.3) is 0 Å². The predicted molar refractivity (Wildman–Crippen MR) is 66.6 cm³/mol. The Bertz CT molecular complexity index is 567. The van der Waals surface area contributed by atoms with Crippen LogP contribution in [-0.2, 0) is 6.32 Å². The van der Waals surface area contributed by atoms with E-state index >= 15 is 0 Å². The van der Waals surface area contributed by atoms with E-state index in [2.05, 4.69) is 0 Å². The molecule has 0 aromatic heterocycles. The normalized spacial score (nSPS) is 10.7. The van der Waals surface area contributed by atoms with Gasteiger partial charge in [0.05, 0.1) is 0 Å². The van der Waals surface area contributed by atoms with Gasteiger partial charge in [-0.15, -0.1) is 0 Å². The van der Waals surface area contributed by atoms with Gasteiger partial charge in [-0.3, -0.25) is 12.7 Å². The molecule has 2 rings (SSSR count).